The summed E-state index contributed by atoms with van der Waals surface area (Å²) in [5.74, 6) is 0.891. The fraction of sp³-hybridized carbons (Fsp3) is 0.231. The van der Waals surface area contributed by atoms with Crippen molar-refractivity contribution in [3.63, 3.8) is 0 Å². The summed E-state index contributed by atoms with van der Waals surface area (Å²) in [6.07, 6.45) is 5.50. The van der Waals surface area contributed by atoms with E-state index in [4.69, 9.17) is 0 Å². The van der Waals surface area contributed by atoms with Crippen molar-refractivity contribution in [1.82, 2.24) is 9.97 Å². The standard InChI is InChI=1S/C13H14BrN3/c1-9-5-13(17-8-12(9)14)16-7-11-3-4-15-6-10(11)2/h3-6,8H,7H2,1-2H3,(H,16,17). The third-order valence-electron chi connectivity index (χ3n) is 2.64. The van der Waals surface area contributed by atoms with Gasteiger partial charge in [-0.1, -0.05) is 0 Å². The Kier molecular flexibility index (Phi) is 3.74. The van der Waals surface area contributed by atoms with Gasteiger partial charge in [0.25, 0.3) is 0 Å². The van der Waals surface area contributed by atoms with Crippen molar-refractivity contribution in [2.45, 2.75) is 20.4 Å². The second kappa shape index (κ2) is 5.27. The number of halogens is 1. The lowest BCUT2D eigenvalue weighted by molar-refractivity contribution is 1.06. The zero-order valence-electron chi connectivity index (χ0n) is 9.87. The highest BCUT2D eigenvalue weighted by Gasteiger charge is 2.00. The van der Waals surface area contributed by atoms with E-state index < -0.39 is 0 Å². The van der Waals surface area contributed by atoms with Crippen molar-refractivity contribution in [1.29, 1.82) is 0 Å². The molecule has 2 rings (SSSR count). The minimum Gasteiger partial charge on any atom is -0.366 e. The zero-order chi connectivity index (χ0) is 12.3. The van der Waals surface area contributed by atoms with Crippen LogP contribution in [0.1, 0.15) is 16.7 Å². The monoisotopic (exact) mass is 291 g/mol. The molecule has 0 saturated heterocycles. The molecule has 2 heterocycles. The van der Waals surface area contributed by atoms with Crippen LogP contribution >= 0.6 is 15.9 Å². The van der Waals surface area contributed by atoms with E-state index in [1.165, 1.54) is 16.7 Å². The smallest absolute Gasteiger partial charge is 0.126 e. The predicted octanol–water partition coefficient (Wildman–Crippen LogP) is 3.47. The molecule has 0 amide bonds. The predicted molar refractivity (Wildman–Crippen MR) is 73.0 cm³/mol. The van der Waals surface area contributed by atoms with Gasteiger partial charge in [0.1, 0.15) is 5.82 Å². The molecule has 0 saturated carbocycles. The molecule has 17 heavy (non-hydrogen) atoms. The molecule has 88 valence electrons. The first-order valence-electron chi connectivity index (χ1n) is 5.42. The normalized spacial score (nSPS) is 10.3. The summed E-state index contributed by atoms with van der Waals surface area (Å²) in [6.45, 7) is 4.88. The molecule has 0 spiro atoms. The van der Waals surface area contributed by atoms with E-state index in [2.05, 4.69) is 45.1 Å². The Morgan fingerprint density at radius 1 is 1.24 bits per heavy atom. The summed E-state index contributed by atoms with van der Waals surface area (Å²) in [7, 11) is 0. The van der Waals surface area contributed by atoms with Crippen LogP contribution in [0, 0.1) is 13.8 Å². The first-order valence-corrected chi connectivity index (χ1v) is 6.21. The maximum atomic E-state index is 4.31. The summed E-state index contributed by atoms with van der Waals surface area (Å²) in [5.41, 5.74) is 3.60. The van der Waals surface area contributed by atoms with Crippen LogP contribution in [-0.4, -0.2) is 9.97 Å². The van der Waals surface area contributed by atoms with Crippen LogP contribution in [0.3, 0.4) is 0 Å². The Hall–Kier alpha value is -1.42. The maximum absolute atomic E-state index is 4.31. The van der Waals surface area contributed by atoms with Crippen molar-refractivity contribution < 1.29 is 0 Å². The Labute approximate surface area is 109 Å². The fourth-order valence-corrected chi connectivity index (χ4v) is 1.74. The molecule has 0 unspecified atom stereocenters. The van der Waals surface area contributed by atoms with E-state index in [0.717, 1.165) is 16.8 Å². The molecule has 0 aromatic carbocycles. The first kappa shape index (κ1) is 12.0. The van der Waals surface area contributed by atoms with Gasteiger partial charge < -0.3 is 5.32 Å². The molecule has 0 aliphatic rings. The van der Waals surface area contributed by atoms with Gasteiger partial charge in [0.05, 0.1) is 0 Å². The average molecular weight is 292 g/mol. The number of anilines is 1. The number of pyridine rings is 2. The number of nitrogens with zero attached hydrogens (tertiary/aromatic N) is 2. The molecule has 0 bridgehead atoms. The number of rotatable bonds is 3. The molecule has 4 heteroatoms. The van der Waals surface area contributed by atoms with Crippen LogP contribution < -0.4 is 5.32 Å². The van der Waals surface area contributed by atoms with Gasteiger partial charge in [-0.2, -0.15) is 0 Å². The Bertz CT molecular complexity index is 526. The molecule has 0 aliphatic carbocycles. The number of hydrogen-bond acceptors (Lipinski definition) is 3. The van der Waals surface area contributed by atoms with Crippen molar-refractivity contribution >= 4 is 21.7 Å². The van der Waals surface area contributed by atoms with E-state index in [0.29, 0.717) is 0 Å². The highest BCUT2D eigenvalue weighted by atomic mass is 79.9. The summed E-state index contributed by atoms with van der Waals surface area (Å²) in [4.78, 5) is 8.39. The second-order valence-corrected chi connectivity index (χ2v) is 4.83. The van der Waals surface area contributed by atoms with Crippen LogP contribution in [0.4, 0.5) is 5.82 Å². The van der Waals surface area contributed by atoms with Gasteiger partial charge in [0, 0.05) is 29.6 Å². The van der Waals surface area contributed by atoms with Crippen LogP contribution in [0.5, 0.6) is 0 Å². The Morgan fingerprint density at radius 3 is 2.76 bits per heavy atom. The van der Waals surface area contributed by atoms with Gasteiger partial charge in [-0.05, 0) is 58.6 Å². The summed E-state index contributed by atoms with van der Waals surface area (Å²) in [5, 5.41) is 3.31. The fourth-order valence-electron chi connectivity index (χ4n) is 1.52. The van der Waals surface area contributed by atoms with Crippen molar-refractivity contribution in [3.8, 4) is 0 Å². The zero-order valence-corrected chi connectivity index (χ0v) is 11.5. The van der Waals surface area contributed by atoms with Gasteiger partial charge in [0.15, 0.2) is 0 Å². The van der Waals surface area contributed by atoms with Crippen molar-refractivity contribution in [2.75, 3.05) is 5.32 Å². The SMILES string of the molecule is Cc1cc(NCc2ccncc2C)ncc1Br. The molecule has 2 aromatic heterocycles. The van der Waals surface area contributed by atoms with Gasteiger partial charge in [-0.15, -0.1) is 0 Å². The molecular formula is C13H14BrN3. The third kappa shape index (κ3) is 3.03. The van der Waals surface area contributed by atoms with Crippen LogP contribution in [-0.2, 0) is 6.54 Å². The number of aryl methyl sites for hydroxylation is 2. The lowest BCUT2D eigenvalue weighted by Crippen LogP contribution is -2.03. The molecule has 0 aliphatic heterocycles. The van der Waals surface area contributed by atoms with Crippen LogP contribution in [0.25, 0.3) is 0 Å². The average Bonchev–Trinajstić information content (AvgIpc) is 2.32. The molecule has 1 N–H and O–H groups in total. The molecule has 0 fully saturated rings. The summed E-state index contributed by atoms with van der Waals surface area (Å²) >= 11 is 3.44. The van der Waals surface area contributed by atoms with Crippen LogP contribution in [0.2, 0.25) is 0 Å². The second-order valence-electron chi connectivity index (χ2n) is 3.97. The molecular weight excluding hydrogens is 278 g/mol. The van der Waals surface area contributed by atoms with Crippen LogP contribution in [0.15, 0.2) is 35.2 Å². The summed E-state index contributed by atoms with van der Waals surface area (Å²) < 4.78 is 1.03. The minimum atomic E-state index is 0.766. The molecule has 0 atom stereocenters. The van der Waals surface area contributed by atoms with E-state index in [9.17, 15) is 0 Å². The highest BCUT2D eigenvalue weighted by Crippen LogP contribution is 2.17. The topological polar surface area (TPSA) is 37.8 Å². The van der Waals surface area contributed by atoms with E-state index >= 15 is 0 Å². The molecule has 2 aromatic rings. The van der Waals surface area contributed by atoms with Gasteiger partial charge in [-0.25, -0.2) is 4.98 Å². The van der Waals surface area contributed by atoms with Gasteiger partial charge in [-0.3, -0.25) is 4.98 Å². The van der Waals surface area contributed by atoms with E-state index in [-0.39, 0.29) is 0 Å². The molecule has 3 nitrogen and oxygen atoms in total. The van der Waals surface area contributed by atoms with E-state index in [1.807, 2.05) is 30.7 Å². The first-order chi connectivity index (χ1) is 8.16. The van der Waals surface area contributed by atoms with Gasteiger partial charge >= 0.3 is 0 Å². The number of hydrogen-bond donors (Lipinski definition) is 1. The number of aromatic nitrogens is 2. The van der Waals surface area contributed by atoms with Gasteiger partial charge in [0.2, 0.25) is 0 Å². The minimum absolute atomic E-state index is 0.766. The highest BCUT2D eigenvalue weighted by molar-refractivity contribution is 9.10. The summed E-state index contributed by atoms with van der Waals surface area (Å²) in [6, 6.07) is 4.05. The maximum Gasteiger partial charge on any atom is 0.126 e. The Balaban J connectivity index is 2.08. The number of nitrogens with one attached hydrogen (secondary N) is 1. The van der Waals surface area contributed by atoms with Crippen molar-refractivity contribution in [3.05, 3.63) is 51.9 Å². The largest absolute Gasteiger partial charge is 0.366 e. The van der Waals surface area contributed by atoms with Crippen molar-refractivity contribution in [2.24, 2.45) is 0 Å². The molecule has 0 radical (unpaired) electrons. The third-order valence-corrected chi connectivity index (χ3v) is 3.47. The Morgan fingerprint density at radius 2 is 2.06 bits per heavy atom. The lowest BCUT2D eigenvalue weighted by atomic mass is 10.1. The lowest BCUT2D eigenvalue weighted by Gasteiger charge is -2.08. The van der Waals surface area contributed by atoms with E-state index in [1.54, 1.807) is 0 Å². The quantitative estimate of drug-likeness (QED) is 0.941.